The maximum absolute atomic E-state index is 14.1. The third-order valence-corrected chi connectivity index (χ3v) is 7.58. The van der Waals surface area contributed by atoms with E-state index in [2.05, 4.69) is 4.99 Å². The molecule has 0 aliphatic carbocycles. The molecular weight excluding hydrogens is 490 g/mol. The first-order valence-corrected chi connectivity index (χ1v) is 13.0. The number of anilines is 1. The minimum atomic E-state index is -0.820. The van der Waals surface area contributed by atoms with Crippen molar-refractivity contribution in [3.63, 3.8) is 0 Å². The molecule has 0 radical (unpaired) electrons. The highest BCUT2D eigenvalue weighted by atomic mass is 32.1. The average molecular weight is 518 g/mol. The first-order chi connectivity index (χ1) is 17.9. The Morgan fingerprint density at radius 3 is 2.54 bits per heavy atom. The van der Waals surface area contributed by atoms with Crippen molar-refractivity contribution < 1.29 is 19.1 Å². The van der Waals surface area contributed by atoms with E-state index in [0.717, 1.165) is 29.0 Å². The Morgan fingerprint density at radius 1 is 1.08 bits per heavy atom. The summed E-state index contributed by atoms with van der Waals surface area (Å²) in [6.07, 6.45) is 0.782. The maximum atomic E-state index is 14.1. The van der Waals surface area contributed by atoms with Gasteiger partial charge in [-0.3, -0.25) is 14.2 Å². The molecule has 5 rings (SSSR count). The van der Waals surface area contributed by atoms with Gasteiger partial charge in [0.25, 0.3) is 11.5 Å². The number of fused-ring (bicyclic) bond motifs is 2. The van der Waals surface area contributed by atoms with Crippen LogP contribution in [-0.4, -0.2) is 36.7 Å². The minimum Gasteiger partial charge on any atom is -0.496 e. The van der Waals surface area contributed by atoms with Crippen LogP contribution in [0.3, 0.4) is 0 Å². The van der Waals surface area contributed by atoms with Gasteiger partial charge in [0.1, 0.15) is 16.3 Å². The van der Waals surface area contributed by atoms with Crippen LogP contribution in [0.25, 0.3) is 5.57 Å². The number of rotatable bonds is 6. The van der Waals surface area contributed by atoms with E-state index in [1.54, 1.807) is 31.9 Å². The van der Waals surface area contributed by atoms with Gasteiger partial charge >= 0.3 is 5.97 Å². The van der Waals surface area contributed by atoms with Gasteiger partial charge in [0.15, 0.2) is 4.80 Å². The fourth-order valence-electron chi connectivity index (χ4n) is 4.97. The molecule has 0 spiro atoms. The standard InChI is InChI=1S/C28H27N3O5S/c1-5-15-30-19-13-9-7-11-17(19)22(25(30)32)24-26(33)31-23(18-12-8-10-14-20(18)35-4)21(27(34)36-6-2)16(3)29-28(31)37-24/h7-14,23H,5-6,15H2,1-4H3/b24-22-/t23-/m0/s1. The van der Waals surface area contributed by atoms with Crippen LogP contribution >= 0.6 is 11.3 Å². The molecule has 2 aliphatic rings. The number of esters is 1. The third-order valence-electron chi connectivity index (χ3n) is 6.52. The monoisotopic (exact) mass is 517 g/mol. The molecule has 3 aromatic rings. The number of aromatic nitrogens is 1. The lowest BCUT2D eigenvalue weighted by atomic mass is 9.95. The summed E-state index contributed by atoms with van der Waals surface area (Å²) in [6.45, 7) is 6.20. The molecule has 2 aliphatic heterocycles. The molecule has 37 heavy (non-hydrogen) atoms. The molecule has 0 bridgehead atoms. The highest BCUT2D eigenvalue weighted by molar-refractivity contribution is 7.07. The summed E-state index contributed by atoms with van der Waals surface area (Å²) in [6, 6.07) is 13.9. The van der Waals surface area contributed by atoms with Gasteiger partial charge in [0.05, 0.1) is 36.2 Å². The molecule has 1 aromatic heterocycles. The summed E-state index contributed by atoms with van der Waals surface area (Å²) in [5.41, 5.74) is 2.85. The molecule has 1 atom stereocenters. The third kappa shape index (κ3) is 3.90. The van der Waals surface area contributed by atoms with Crippen LogP contribution in [0.5, 0.6) is 5.75 Å². The number of methoxy groups -OCH3 is 1. The Bertz CT molecular complexity index is 1630. The van der Waals surface area contributed by atoms with Gasteiger partial charge < -0.3 is 14.4 Å². The highest BCUT2D eigenvalue weighted by Crippen LogP contribution is 2.37. The van der Waals surface area contributed by atoms with Gasteiger partial charge in [-0.05, 0) is 32.4 Å². The number of hydrogen-bond acceptors (Lipinski definition) is 7. The molecule has 2 aromatic carbocycles. The molecule has 0 saturated heterocycles. The second kappa shape index (κ2) is 9.82. The number of hydrogen-bond donors (Lipinski definition) is 0. The van der Waals surface area contributed by atoms with Gasteiger partial charge in [0, 0.05) is 17.7 Å². The van der Waals surface area contributed by atoms with Gasteiger partial charge in [-0.25, -0.2) is 9.79 Å². The number of allylic oxidation sites excluding steroid dienone is 1. The lowest BCUT2D eigenvalue weighted by Crippen LogP contribution is -2.41. The molecule has 8 nitrogen and oxygen atoms in total. The molecule has 0 saturated carbocycles. The van der Waals surface area contributed by atoms with Gasteiger partial charge in [0.2, 0.25) is 0 Å². The zero-order valence-electron chi connectivity index (χ0n) is 21.1. The summed E-state index contributed by atoms with van der Waals surface area (Å²) in [7, 11) is 1.54. The number of ether oxygens (including phenoxy) is 2. The number of carbonyl (C=O) groups is 2. The van der Waals surface area contributed by atoms with E-state index in [0.29, 0.717) is 38.5 Å². The molecule has 190 valence electrons. The van der Waals surface area contributed by atoms with Crippen LogP contribution in [0.2, 0.25) is 0 Å². The van der Waals surface area contributed by atoms with E-state index in [-0.39, 0.29) is 23.6 Å². The van der Waals surface area contributed by atoms with E-state index in [1.807, 2.05) is 49.4 Å². The number of carbonyl (C=O) groups excluding carboxylic acids is 2. The molecule has 0 fully saturated rings. The second-order valence-electron chi connectivity index (χ2n) is 8.71. The predicted molar refractivity (Wildman–Crippen MR) is 141 cm³/mol. The first kappa shape index (κ1) is 24.7. The topological polar surface area (TPSA) is 90.2 Å². The van der Waals surface area contributed by atoms with Crippen molar-refractivity contribution in [2.24, 2.45) is 4.99 Å². The van der Waals surface area contributed by atoms with Crippen LogP contribution in [0, 0.1) is 0 Å². The highest BCUT2D eigenvalue weighted by Gasteiger charge is 2.37. The van der Waals surface area contributed by atoms with Crippen LogP contribution < -0.4 is 24.5 Å². The Balaban J connectivity index is 1.83. The van der Waals surface area contributed by atoms with Crippen molar-refractivity contribution in [3.05, 3.63) is 90.6 Å². The fraction of sp³-hybridized carbons (Fsp3) is 0.286. The first-order valence-electron chi connectivity index (χ1n) is 12.2. The second-order valence-corrected chi connectivity index (χ2v) is 9.69. The van der Waals surface area contributed by atoms with Crippen LogP contribution in [-0.2, 0) is 14.3 Å². The number of amides is 1. The van der Waals surface area contributed by atoms with E-state index < -0.39 is 12.0 Å². The smallest absolute Gasteiger partial charge is 0.338 e. The van der Waals surface area contributed by atoms with Crippen molar-refractivity contribution in [2.75, 3.05) is 25.2 Å². The van der Waals surface area contributed by atoms with Crippen molar-refractivity contribution in [3.8, 4) is 5.75 Å². The summed E-state index contributed by atoms with van der Waals surface area (Å²) in [5.74, 6) is -0.226. The number of benzene rings is 2. The van der Waals surface area contributed by atoms with Crippen molar-refractivity contribution in [2.45, 2.75) is 33.2 Å². The maximum Gasteiger partial charge on any atom is 0.338 e. The summed E-state index contributed by atoms with van der Waals surface area (Å²) in [5, 5.41) is 0. The Kier molecular flexibility index (Phi) is 6.55. The zero-order valence-corrected chi connectivity index (χ0v) is 21.9. The summed E-state index contributed by atoms with van der Waals surface area (Å²) < 4.78 is 12.8. The Morgan fingerprint density at radius 2 is 1.81 bits per heavy atom. The Labute approximate surface area is 217 Å². The zero-order chi connectivity index (χ0) is 26.3. The number of para-hydroxylation sites is 2. The SMILES string of the molecule is CCCN1C(=O)/C(=c2\sc3n(c2=O)[C@@H](c2ccccc2OC)C(C(=O)OCC)=C(C)N=3)c2ccccc21. The summed E-state index contributed by atoms with van der Waals surface area (Å²) >= 11 is 1.16. The minimum absolute atomic E-state index is 0.182. The molecular formula is C28H27N3O5S. The van der Waals surface area contributed by atoms with Gasteiger partial charge in [-0.1, -0.05) is 54.7 Å². The summed E-state index contributed by atoms with van der Waals surface area (Å²) in [4.78, 5) is 47.7. The van der Waals surface area contributed by atoms with E-state index in [9.17, 15) is 14.4 Å². The van der Waals surface area contributed by atoms with Crippen LogP contribution in [0.15, 0.2) is 69.6 Å². The van der Waals surface area contributed by atoms with Crippen molar-refractivity contribution in [1.82, 2.24) is 4.57 Å². The van der Waals surface area contributed by atoms with E-state index in [4.69, 9.17) is 9.47 Å². The fourth-order valence-corrected chi connectivity index (χ4v) is 6.11. The molecule has 0 unspecified atom stereocenters. The van der Waals surface area contributed by atoms with Crippen LogP contribution in [0.4, 0.5) is 5.69 Å². The quantitative estimate of drug-likeness (QED) is 0.469. The van der Waals surface area contributed by atoms with Crippen molar-refractivity contribution in [1.29, 1.82) is 0 Å². The molecule has 1 amide bonds. The largest absolute Gasteiger partial charge is 0.496 e. The van der Waals surface area contributed by atoms with E-state index in [1.165, 1.54) is 4.57 Å². The molecule has 0 N–H and O–H groups in total. The van der Waals surface area contributed by atoms with Gasteiger partial charge in [-0.15, -0.1) is 0 Å². The predicted octanol–water partition coefficient (Wildman–Crippen LogP) is 2.93. The van der Waals surface area contributed by atoms with Gasteiger partial charge in [-0.2, -0.15) is 0 Å². The molecule has 3 heterocycles. The number of nitrogens with zero attached hydrogens (tertiary/aromatic N) is 3. The van der Waals surface area contributed by atoms with Crippen LogP contribution in [0.1, 0.15) is 44.4 Å². The molecule has 9 heteroatoms. The number of thiazole rings is 1. The van der Waals surface area contributed by atoms with Crippen molar-refractivity contribution >= 4 is 34.5 Å². The lowest BCUT2D eigenvalue weighted by Gasteiger charge is -2.25. The lowest BCUT2D eigenvalue weighted by molar-refractivity contribution is -0.139. The average Bonchev–Trinajstić information content (AvgIpc) is 3.36. The normalized spacial score (nSPS) is 17.9. The van der Waals surface area contributed by atoms with E-state index >= 15 is 0 Å². The Hall–Kier alpha value is -3.98.